The molecule has 11 heteroatoms. The summed E-state index contributed by atoms with van der Waals surface area (Å²) < 4.78 is 15.7. The van der Waals surface area contributed by atoms with Gasteiger partial charge in [-0.05, 0) is 30.5 Å². The number of carbonyl (C=O) groups is 2. The molecule has 0 aliphatic heterocycles. The summed E-state index contributed by atoms with van der Waals surface area (Å²) in [6.45, 7) is 1.75. The summed E-state index contributed by atoms with van der Waals surface area (Å²) >= 11 is 1.33. The fourth-order valence-corrected chi connectivity index (χ4v) is 4.57. The summed E-state index contributed by atoms with van der Waals surface area (Å²) in [5.74, 6) is 0.370. The van der Waals surface area contributed by atoms with Crippen LogP contribution in [0.4, 0.5) is 9.80 Å². The highest BCUT2D eigenvalue weighted by atomic mass is 32.1. The first-order chi connectivity index (χ1) is 15.5. The number of alkyl carbamates (subject to hydrolysis) is 1. The highest BCUT2D eigenvalue weighted by Crippen LogP contribution is 2.38. The summed E-state index contributed by atoms with van der Waals surface area (Å²) in [6, 6.07) is 3.92. The summed E-state index contributed by atoms with van der Waals surface area (Å²) in [7, 11) is 0. The predicted octanol–water partition coefficient (Wildman–Crippen LogP) is 3.34. The molecule has 2 amide bonds. The number of aryl methyl sites for hydroxylation is 1. The highest BCUT2D eigenvalue weighted by molar-refractivity contribution is 7.16. The minimum absolute atomic E-state index is 0.0811. The van der Waals surface area contributed by atoms with Crippen LogP contribution in [-0.4, -0.2) is 28.3 Å². The maximum absolute atomic E-state index is 12.3. The van der Waals surface area contributed by atoms with Crippen LogP contribution in [0.15, 0.2) is 33.5 Å². The third-order valence-corrected chi connectivity index (χ3v) is 5.93. The fourth-order valence-electron chi connectivity index (χ4n) is 3.31. The smallest absolute Gasteiger partial charge is 0.407 e. The number of carbonyl (C=O) groups excluding carboxylic acids is 2. The van der Waals surface area contributed by atoms with Crippen LogP contribution < -0.4 is 10.6 Å². The summed E-state index contributed by atoms with van der Waals surface area (Å²) in [6.07, 6.45) is 6.77. The Morgan fingerprint density at radius 3 is 3.03 bits per heavy atom. The molecule has 3 aromatic rings. The van der Waals surface area contributed by atoms with Gasteiger partial charge in [-0.15, -0.1) is 21.5 Å². The zero-order chi connectivity index (χ0) is 22.5. The Morgan fingerprint density at radius 2 is 2.31 bits per heavy atom. The Bertz CT molecular complexity index is 1190. The minimum atomic E-state index is -0.579. The van der Waals surface area contributed by atoms with Crippen molar-refractivity contribution in [3.8, 4) is 6.07 Å². The maximum atomic E-state index is 12.3. The van der Waals surface area contributed by atoms with Gasteiger partial charge in [-0.2, -0.15) is 5.26 Å². The summed E-state index contributed by atoms with van der Waals surface area (Å²) in [5, 5.41) is 23.0. The van der Waals surface area contributed by atoms with Crippen LogP contribution in [0.1, 0.15) is 39.8 Å². The molecule has 4 rings (SSSR count). The SMILES string of the molecule is Cc1nnc(CNC(=O)OC2CCc3c(sc(NC(=O)/C=C/c4ccoc4)c3C#N)C2)o1. The first-order valence-electron chi connectivity index (χ1n) is 9.81. The number of hydrogen-bond acceptors (Lipinski definition) is 9. The van der Waals surface area contributed by atoms with Crippen molar-refractivity contribution in [3.63, 3.8) is 0 Å². The average molecular weight is 453 g/mol. The van der Waals surface area contributed by atoms with Gasteiger partial charge in [-0.1, -0.05) is 0 Å². The van der Waals surface area contributed by atoms with Gasteiger partial charge in [0.15, 0.2) is 0 Å². The molecule has 164 valence electrons. The van der Waals surface area contributed by atoms with Crippen LogP contribution in [0.2, 0.25) is 0 Å². The number of rotatable bonds is 6. The normalized spacial score (nSPS) is 15.2. The van der Waals surface area contributed by atoms with E-state index in [1.165, 1.54) is 29.9 Å². The van der Waals surface area contributed by atoms with Gasteiger partial charge in [0.1, 0.15) is 17.2 Å². The van der Waals surface area contributed by atoms with E-state index >= 15 is 0 Å². The second kappa shape index (κ2) is 9.49. The van der Waals surface area contributed by atoms with E-state index in [-0.39, 0.29) is 18.6 Å². The van der Waals surface area contributed by atoms with E-state index in [2.05, 4.69) is 26.9 Å². The topological polar surface area (TPSA) is 143 Å². The van der Waals surface area contributed by atoms with Gasteiger partial charge in [-0.3, -0.25) is 4.79 Å². The molecule has 3 aromatic heterocycles. The van der Waals surface area contributed by atoms with Crippen molar-refractivity contribution < 1.29 is 23.2 Å². The van der Waals surface area contributed by atoms with Crippen LogP contribution in [0.5, 0.6) is 0 Å². The van der Waals surface area contributed by atoms with E-state index in [1.807, 2.05) is 0 Å². The van der Waals surface area contributed by atoms with Gasteiger partial charge >= 0.3 is 6.09 Å². The predicted molar refractivity (Wildman–Crippen MR) is 114 cm³/mol. The zero-order valence-corrected chi connectivity index (χ0v) is 17.9. The molecule has 1 atom stereocenters. The Labute approximate surface area is 186 Å². The minimum Gasteiger partial charge on any atom is -0.472 e. The first kappa shape index (κ1) is 21.3. The van der Waals surface area contributed by atoms with Crippen LogP contribution in [0.3, 0.4) is 0 Å². The molecule has 0 saturated heterocycles. The number of anilines is 1. The van der Waals surface area contributed by atoms with Gasteiger partial charge in [0.25, 0.3) is 0 Å². The number of thiophene rings is 1. The Hall–Kier alpha value is -3.91. The molecule has 0 fully saturated rings. The van der Waals surface area contributed by atoms with Crippen molar-refractivity contribution in [2.24, 2.45) is 0 Å². The third-order valence-electron chi connectivity index (χ3n) is 4.76. The molecule has 10 nitrogen and oxygen atoms in total. The summed E-state index contributed by atoms with van der Waals surface area (Å²) in [5.41, 5.74) is 2.12. The van der Waals surface area contributed by atoms with E-state index in [4.69, 9.17) is 13.6 Å². The average Bonchev–Trinajstić information content (AvgIpc) is 3.50. The van der Waals surface area contributed by atoms with Crippen LogP contribution in [-0.2, 0) is 28.9 Å². The number of ether oxygens (including phenoxy) is 1. The van der Waals surface area contributed by atoms with Crippen molar-refractivity contribution >= 4 is 34.4 Å². The standard InChI is InChI=1S/C21H19N5O5S/c1-12-25-26-19(30-12)10-23-21(28)31-14-3-4-15-16(9-22)20(32-17(15)8-14)24-18(27)5-2-13-6-7-29-11-13/h2,5-7,11,14H,3-4,8,10H2,1H3,(H,23,28)(H,24,27)/b5-2+. The highest BCUT2D eigenvalue weighted by Gasteiger charge is 2.28. The Kier molecular flexibility index (Phi) is 6.32. The van der Waals surface area contributed by atoms with Crippen molar-refractivity contribution in [1.82, 2.24) is 15.5 Å². The molecule has 32 heavy (non-hydrogen) atoms. The first-order valence-corrected chi connectivity index (χ1v) is 10.6. The van der Waals surface area contributed by atoms with Crippen LogP contribution in [0, 0.1) is 18.3 Å². The van der Waals surface area contributed by atoms with Crippen molar-refractivity contribution in [3.05, 3.63) is 58.0 Å². The number of nitrogens with one attached hydrogen (secondary N) is 2. The van der Waals surface area contributed by atoms with Crippen LogP contribution in [0.25, 0.3) is 6.08 Å². The molecular weight excluding hydrogens is 434 g/mol. The monoisotopic (exact) mass is 453 g/mol. The van der Waals surface area contributed by atoms with E-state index in [0.717, 1.165) is 16.0 Å². The fraction of sp³-hybridized carbons (Fsp3) is 0.286. The third kappa shape index (κ3) is 5.04. The van der Waals surface area contributed by atoms with Gasteiger partial charge in [0.05, 0.1) is 24.6 Å². The largest absolute Gasteiger partial charge is 0.472 e. The molecule has 0 saturated carbocycles. The maximum Gasteiger partial charge on any atom is 0.407 e. The quantitative estimate of drug-likeness (QED) is 0.541. The molecule has 0 aromatic carbocycles. The van der Waals surface area contributed by atoms with Crippen molar-refractivity contribution in [1.29, 1.82) is 5.26 Å². The number of nitriles is 1. The molecule has 0 radical (unpaired) electrons. The number of amides is 2. The molecule has 2 N–H and O–H groups in total. The van der Waals surface area contributed by atoms with E-state index < -0.39 is 6.09 Å². The molecule has 0 spiro atoms. The lowest BCUT2D eigenvalue weighted by Crippen LogP contribution is -2.31. The van der Waals surface area contributed by atoms with Gasteiger partial charge < -0.3 is 24.2 Å². The van der Waals surface area contributed by atoms with Gasteiger partial charge in [0, 0.05) is 29.9 Å². The van der Waals surface area contributed by atoms with Gasteiger partial charge in [-0.25, -0.2) is 4.79 Å². The number of hydrogen-bond donors (Lipinski definition) is 2. The molecule has 0 bridgehead atoms. The molecule has 1 aliphatic rings. The number of fused-ring (bicyclic) bond motifs is 1. The van der Waals surface area contributed by atoms with Crippen LogP contribution >= 0.6 is 11.3 Å². The lowest BCUT2D eigenvalue weighted by molar-refractivity contribution is -0.111. The van der Waals surface area contributed by atoms with E-state index in [9.17, 15) is 14.9 Å². The number of furan rings is 1. The van der Waals surface area contributed by atoms with E-state index in [1.54, 1.807) is 19.1 Å². The summed E-state index contributed by atoms with van der Waals surface area (Å²) in [4.78, 5) is 25.3. The number of nitrogens with zero attached hydrogens (tertiary/aromatic N) is 3. The lowest BCUT2D eigenvalue weighted by Gasteiger charge is -2.22. The second-order valence-corrected chi connectivity index (χ2v) is 8.14. The van der Waals surface area contributed by atoms with E-state index in [0.29, 0.717) is 41.6 Å². The Morgan fingerprint density at radius 1 is 1.44 bits per heavy atom. The zero-order valence-electron chi connectivity index (χ0n) is 17.1. The lowest BCUT2D eigenvalue weighted by atomic mass is 9.94. The Balaban J connectivity index is 1.35. The number of aromatic nitrogens is 2. The van der Waals surface area contributed by atoms with Crippen molar-refractivity contribution in [2.45, 2.75) is 38.8 Å². The molecule has 3 heterocycles. The van der Waals surface area contributed by atoms with Crippen molar-refractivity contribution in [2.75, 3.05) is 5.32 Å². The molecule has 1 unspecified atom stereocenters. The molecule has 1 aliphatic carbocycles. The van der Waals surface area contributed by atoms with Gasteiger partial charge in [0.2, 0.25) is 17.7 Å². The second-order valence-electron chi connectivity index (χ2n) is 7.04. The molecular formula is C21H19N5O5S.